The number of thiazole rings is 1. The van der Waals surface area contributed by atoms with Crippen molar-refractivity contribution in [2.45, 2.75) is 19.9 Å². The molecule has 3 aromatic rings. The summed E-state index contributed by atoms with van der Waals surface area (Å²) in [5, 5.41) is 7.76. The van der Waals surface area contributed by atoms with Gasteiger partial charge in [-0.05, 0) is 26.0 Å². The van der Waals surface area contributed by atoms with E-state index in [0.29, 0.717) is 22.4 Å². The van der Waals surface area contributed by atoms with Crippen LogP contribution in [0.1, 0.15) is 13.8 Å². The first-order valence-corrected chi connectivity index (χ1v) is 13.5. The lowest BCUT2D eigenvalue weighted by Gasteiger charge is -2.33. The zero-order valence-electron chi connectivity index (χ0n) is 17.3. The van der Waals surface area contributed by atoms with Crippen LogP contribution >= 0.6 is 22.9 Å². The number of halogens is 1. The van der Waals surface area contributed by atoms with Gasteiger partial charge in [0.1, 0.15) is 0 Å². The lowest BCUT2D eigenvalue weighted by molar-refractivity contribution is 0.527. The molecule has 2 heterocycles. The number of rotatable bonds is 8. The summed E-state index contributed by atoms with van der Waals surface area (Å²) in [7, 11) is -3.61. The molecule has 0 unspecified atom stereocenters. The van der Waals surface area contributed by atoms with Crippen molar-refractivity contribution < 1.29 is 8.76 Å². The highest BCUT2D eigenvalue weighted by Gasteiger charge is 2.16. The second kappa shape index (κ2) is 8.58. The first-order valence-electron chi connectivity index (χ1n) is 9.42. The molecule has 0 spiro atoms. The highest BCUT2D eigenvalue weighted by Crippen LogP contribution is 2.33. The Kier molecular flexibility index (Phi) is 6.47. The molecule has 3 rings (SSSR count). The maximum Gasteiger partial charge on any atom is 0.223 e. The molecule has 2 aromatic heterocycles. The Morgan fingerprint density at radius 3 is 2.57 bits per heavy atom. The van der Waals surface area contributed by atoms with Crippen molar-refractivity contribution in [3.05, 3.63) is 41.6 Å². The average Bonchev–Trinajstić information content (AvgIpc) is 3.08. The van der Waals surface area contributed by atoms with E-state index < -0.39 is 9.35 Å². The van der Waals surface area contributed by atoms with Gasteiger partial charge in [0.15, 0.2) is 5.13 Å². The Hall–Kier alpha value is -2.07. The number of benzene rings is 1. The number of hydrogen-bond donors (Lipinski definition) is 3. The Bertz CT molecular complexity index is 1100. The van der Waals surface area contributed by atoms with Gasteiger partial charge in [-0.1, -0.05) is 41.1 Å². The molecule has 0 aliphatic carbocycles. The molecule has 0 radical (unpaired) electrons. The summed E-state index contributed by atoms with van der Waals surface area (Å²) in [6.45, 7) is 4.37. The van der Waals surface area contributed by atoms with Crippen molar-refractivity contribution in [3.63, 3.8) is 0 Å². The third-order valence-corrected chi connectivity index (χ3v) is 6.66. The van der Waals surface area contributed by atoms with E-state index in [1.54, 1.807) is 6.20 Å². The summed E-state index contributed by atoms with van der Waals surface area (Å²) >= 11 is 7.88. The summed E-state index contributed by atoms with van der Waals surface area (Å²) in [6, 6.07) is 9.61. The van der Waals surface area contributed by atoms with E-state index in [1.165, 1.54) is 23.8 Å². The van der Waals surface area contributed by atoms with E-state index in [1.807, 2.05) is 30.3 Å². The van der Waals surface area contributed by atoms with E-state index in [-0.39, 0.29) is 18.3 Å². The number of nitrogens with zero attached hydrogens (tertiary/aromatic N) is 3. The van der Waals surface area contributed by atoms with Gasteiger partial charge in [0.25, 0.3) is 0 Å². The van der Waals surface area contributed by atoms with Crippen LogP contribution in [0.15, 0.2) is 36.5 Å². The highest BCUT2D eigenvalue weighted by molar-refractivity contribution is 8.13. The van der Waals surface area contributed by atoms with Crippen LogP contribution < -0.4 is 10.6 Å². The van der Waals surface area contributed by atoms with Crippen LogP contribution in [0.4, 0.5) is 11.1 Å². The molecule has 0 bridgehead atoms. The summed E-state index contributed by atoms with van der Waals surface area (Å²) < 4.78 is 22.1. The van der Waals surface area contributed by atoms with Gasteiger partial charge < -0.3 is 15.2 Å². The summed E-state index contributed by atoms with van der Waals surface area (Å²) in [5.41, 5.74) is 2.15. The van der Waals surface area contributed by atoms with Crippen LogP contribution in [0.25, 0.3) is 21.8 Å². The minimum Gasteiger partial charge on any atom is -0.359 e. The van der Waals surface area contributed by atoms with E-state index in [2.05, 4.69) is 39.4 Å². The van der Waals surface area contributed by atoms with Crippen molar-refractivity contribution in [3.8, 4) is 21.8 Å². The van der Waals surface area contributed by atoms with Crippen LogP contribution in [0.5, 0.6) is 0 Å². The minimum atomic E-state index is -3.61. The van der Waals surface area contributed by atoms with Crippen molar-refractivity contribution in [2.24, 2.45) is 0 Å². The topological polar surface area (TPSA) is 100 Å². The predicted octanol–water partition coefficient (Wildman–Crippen LogP) is 4.71. The van der Waals surface area contributed by atoms with Gasteiger partial charge in [0, 0.05) is 41.9 Å². The maximum absolute atomic E-state index is 12.1. The SMILES string of the molecule is CC(C)Nc1ncc(-c2cc(-c3ccccc3Cl)nc(NCCS(C)(C)(=O)O)n2)s1. The number of nitrogens with one attached hydrogen (secondary N) is 2. The second-order valence-electron chi connectivity index (χ2n) is 7.91. The summed E-state index contributed by atoms with van der Waals surface area (Å²) in [5.74, 6) is 0.459. The summed E-state index contributed by atoms with van der Waals surface area (Å²) in [6.07, 6.45) is 4.48. The Balaban J connectivity index is 1.97. The van der Waals surface area contributed by atoms with Gasteiger partial charge in [-0.2, -0.15) is 9.35 Å². The van der Waals surface area contributed by atoms with Gasteiger partial charge in [0.2, 0.25) is 5.95 Å². The third-order valence-electron chi connectivity index (χ3n) is 4.01. The van der Waals surface area contributed by atoms with Gasteiger partial charge in [-0.25, -0.2) is 19.2 Å². The monoisotopic (exact) mass is 467 g/mol. The molecule has 10 heteroatoms. The Morgan fingerprint density at radius 1 is 1.20 bits per heavy atom. The molecule has 0 aliphatic rings. The zero-order valence-corrected chi connectivity index (χ0v) is 19.7. The fraction of sp³-hybridized carbons (Fsp3) is 0.350. The molecular weight excluding hydrogens is 442 g/mol. The van der Waals surface area contributed by atoms with Crippen LogP contribution in [-0.4, -0.2) is 54.6 Å². The molecule has 3 N–H and O–H groups in total. The van der Waals surface area contributed by atoms with Crippen molar-refractivity contribution in [1.82, 2.24) is 15.0 Å². The minimum absolute atomic E-state index is 0.0925. The molecule has 0 fully saturated rings. The van der Waals surface area contributed by atoms with Crippen molar-refractivity contribution in [1.29, 1.82) is 0 Å². The lowest BCUT2D eigenvalue weighted by atomic mass is 10.1. The maximum atomic E-state index is 12.1. The fourth-order valence-corrected chi connectivity index (χ4v) is 4.46. The largest absolute Gasteiger partial charge is 0.359 e. The zero-order chi connectivity index (χ0) is 22.0. The van der Waals surface area contributed by atoms with Gasteiger partial charge in [0.05, 0.1) is 22.0 Å². The summed E-state index contributed by atoms with van der Waals surface area (Å²) in [4.78, 5) is 14.5. The first kappa shape index (κ1) is 22.6. The average molecular weight is 468 g/mol. The van der Waals surface area contributed by atoms with E-state index in [9.17, 15) is 8.76 Å². The van der Waals surface area contributed by atoms with Gasteiger partial charge in [-0.15, -0.1) is 0 Å². The van der Waals surface area contributed by atoms with Crippen molar-refractivity contribution >= 4 is 43.4 Å². The molecule has 0 aliphatic heterocycles. The van der Waals surface area contributed by atoms with E-state index >= 15 is 0 Å². The quantitative estimate of drug-likeness (QED) is 0.441. The lowest BCUT2D eigenvalue weighted by Crippen LogP contribution is -2.35. The molecule has 0 amide bonds. The predicted molar refractivity (Wildman–Crippen MR) is 128 cm³/mol. The van der Waals surface area contributed by atoms with Gasteiger partial charge >= 0.3 is 0 Å². The molecule has 30 heavy (non-hydrogen) atoms. The van der Waals surface area contributed by atoms with Crippen LogP contribution in [0.2, 0.25) is 5.02 Å². The van der Waals surface area contributed by atoms with Crippen molar-refractivity contribution in [2.75, 3.05) is 35.4 Å². The van der Waals surface area contributed by atoms with Crippen LogP contribution in [0, 0.1) is 0 Å². The molecular formula is C20H26ClN5O2S2. The molecule has 162 valence electrons. The number of aromatic nitrogens is 3. The molecule has 0 atom stereocenters. The Labute approximate surface area is 185 Å². The first-order chi connectivity index (χ1) is 14.0. The molecule has 0 saturated heterocycles. The Morgan fingerprint density at radius 2 is 1.90 bits per heavy atom. The smallest absolute Gasteiger partial charge is 0.223 e. The fourth-order valence-electron chi connectivity index (χ4n) is 2.62. The van der Waals surface area contributed by atoms with Crippen LogP contribution in [-0.2, 0) is 9.35 Å². The molecule has 0 saturated carbocycles. The van der Waals surface area contributed by atoms with E-state index in [4.69, 9.17) is 11.6 Å². The highest BCUT2D eigenvalue weighted by atomic mass is 35.5. The number of anilines is 2. The standard InChI is InChI=1S/C20H26ClN5O2S2/c1-13(2)24-20-23-12-18(29-20)17-11-16(14-7-5-6-8-15(14)21)25-19(26-17)22-9-10-30(3,4,27)28/h5-8,11-13H,9-10H2,1-4H3,(H,23,24)(H,27,28)(H,22,25,26). The van der Waals surface area contributed by atoms with Gasteiger partial charge in [-0.3, -0.25) is 0 Å². The number of hydrogen-bond acceptors (Lipinski definition) is 7. The molecule has 1 aromatic carbocycles. The molecule has 7 nitrogen and oxygen atoms in total. The second-order valence-corrected chi connectivity index (χ2v) is 13.8. The van der Waals surface area contributed by atoms with Crippen LogP contribution in [0.3, 0.4) is 0 Å². The normalized spacial score (nSPS) is 13.1. The third kappa shape index (κ3) is 6.46. The van der Waals surface area contributed by atoms with E-state index in [0.717, 1.165) is 15.6 Å².